The van der Waals surface area contributed by atoms with Crippen LogP contribution in [0.2, 0.25) is 0 Å². The number of fused-ring (bicyclic) bond motifs is 1. The van der Waals surface area contributed by atoms with Gasteiger partial charge in [-0.15, -0.1) is 0 Å². The number of nitrogens with one attached hydrogen (secondary N) is 1. The van der Waals surface area contributed by atoms with Gasteiger partial charge in [-0.2, -0.15) is 0 Å². The number of pyridine rings is 1. The Labute approximate surface area is 195 Å². The van der Waals surface area contributed by atoms with Crippen molar-refractivity contribution in [3.05, 3.63) is 69.8 Å². The van der Waals surface area contributed by atoms with E-state index in [1.807, 2.05) is 26.0 Å². The van der Waals surface area contributed by atoms with E-state index in [2.05, 4.69) is 20.2 Å². The molecular weight excluding hydrogens is 443 g/mol. The minimum absolute atomic E-state index is 0.0168. The van der Waals surface area contributed by atoms with Crippen molar-refractivity contribution in [3.63, 3.8) is 0 Å². The van der Waals surface area contributed by atoms with Crippen LogP contribution in [0.4, 0.5) is 10.2 Å². The van der Waals surface area contributed by atoms with E-state index in [4.69, 9.17) is 4.74 Å². The topological polar surface area (TPSA) is 115 Å². The molecule has 0 atom stereocenters. The predicted octanol–water partition coefficient (Wildman–Crippen LogP) is 3.03. The largest absolute Gasteiger partial charge is 0.444 e. The first-order chi connectivity index (χ1) is 16.3. The Kier molecular flexibility index (Phi) is 6.82. The van der Waals surface area contributed by atoms with Crippen LogP contribution in [0.1, 0.15) is 29.8 Å². The Morgan fingerprint density at radius 2 is 2.09 bits per heavy atom. The Bertz CT molecular complexity index is 1190. The smallest absolute Gasteiger partial charge is 0.414 e. The van der Waals surface area contributed by atoms with Crippen LogP contribution in [-0.2, 0) is 13.1 Å². The third-order valence-electron chi connectivity index (χ3n) is 5.37. The van der Waals surface area contributed by atoms with Gasteiger partial charge in [-0.05, 0) is 48.6 Å². The zero-order chi connectivity index (χ0) is 24.2. The van der Waals surface area contributed by atoms with Crippen LogP contribution >= 0.6 is 0 Å². The van der Waals surface area contributed by atoms with Crippen molar-refractivity contribution in [2.75, 3.05) is 19.7 Å². The molecule has 34 heavy (non-hydrogen) atoms. The van der Waals surface area contributed by atoms with E-state index in [9.17, 15) is 19.3 Å². The number of ether oxygens (including phenoxy) is 1. The number of hydrogen-bond donors (Lipinski definition) is 1. The van der Waals surface area contributed by atoms with E-state index in [1.165, 1.54) is 18.3 Å². The van der Waals surface area contributed by atoms with Gasteiger partial charge < -0.3 is 20.2 Å². The third-order valence-corrected chi connectivity index (χ3v) is 5.37. The maximum absolute atomic E-state index is 14.2. The fourth-order valence-corrected chi connectivity index (χ4v) is 3.68. The number of rotatable bonds is 6. The quantitative estimate of drug-likeness (QED) is 0.437. The Balaban J connectivity index is 1.43. The van der Waals surface area contributed by atoms with Gasteiger partial charge in [0, 0.05) is 49.0 Å². The van der Waals surface area contributed by atoms with E-state index in [1.54, 1.807) is 16.8 Å². The summed E-state index contributed by atoms with van der Waals surface area (Å²) in [5.41, 5.74) is 2.24. The molecule has 0 saturated heterocycles. The second-order valence-corrected chi connectivity index (χ2v) is 8.33. The standard InChI is InChI=1S/C23H25FN6O4/c1-15(2)26-22(31)18-11-17(4-5-19(18)24)20-6-3-16(12-25-20)13-28-7-8-29-14-21(30(32)33)27-23(29)34-10-9-28/h3-6,11-12,14-15H,7-10,13H2,1-2H3,(H,26,31). The SMILES string of the molecule is CC(C)NC(=O)c1cc(-c2ccc(CN3CCOc4nc([N+](=O)[O-])cn4CC3)cn2)ccc1F. The highest BCUT2D eigenvalue weighted by atomic mass is 19.1. The molecule has 0 fully saturated rings. The lowest BCUT2D eigenvalue weighted by atomic mass is 10.1. The van der Waals surface area contributed by atoms with E-state index in [-0.39, 0.29) is 23.4 Å². The number of aromatic nitrogens is 3. The Hall–Kier alpha value is -3.86. The van der Waals surface area contributed by atoms with Gasteiger partial charge in [-0.25, -0.2) is 4.39 Å². The Morgan fingerprint density at radius 3 is 2.79 bits per heavy atom. The summed E-state index contributed by atoms with van der Waals surface area (Å²) in [7, 11) is 0. The summed E-state index contributed by atoms with van der Waals surface area (Å²) in [6, 6.07) is 8.31. The van der Waals surface area contributed by atoms with Gasteiger partial charge in [-0.1, -0.05) is 6.07 Å². The van der Waals surface area contributed by atoms with Crippen molar-refractivity contribution < 1.29 is 18.8 Å². The molecule has 1 aliphatic rings. The fraction of sp³-hybridized carbons (Fsp3) is 0.348. The average molecular weight is 468 g/mol. The van der Waals surface area contributed by atoms with Gasteiger partial charge in [0.25, 0.3) is 5.91 Å². The molecule has 0 unspecified atom stereocenters. The van der Waals surface area contributed by atoms with Crippen molar-refractivity contribution in [1.82, 2.24) is 24.8 Å². The molecule has 0 radical (unpaired) electrons. The van der Waals surface area contributed by atoms with E-state index >= 15 is 0 Å². The second-order valence-electron chi connectivity index (χ2n) is 8.33. The molecule has 10 nitrogen and oxygen atoms in total. The molecule has 178 valence electrons. The minimum Gasteiger partial charge on any atom is -0.444 e. The van der Waals surface area contributed by atoms with Crippen molar-refractivity contribution in [1.29, 1.82) is 0 Å². The summed E-state index contributed by atoms with van der Waals surface area (Å²) in [6.07, 6.45) is 3.13. The van der Waals surface area contributed by atoms with Crippen molar-refractivity contribution in [2.45, 2.75) is 33.0 Å². The van der Waals surface area contributed by atoms with Gasteiger partial charge in [0.2, 0.25) is 0 Å². The normalized spacial score (nSPS) is 14.1. The van der Waals surface area contributed by atoms with Crippen LogP contribution in [0, 0.1) is 15.9 Å². The van der Waals surface area contributed by atoms with Crippen LogP contribution in [0.3, 0.4) is 0 Å². The number of amides is 1. The summed E-state index contributed by atoms with van der Waals surface area (Å²) >= 11 is 0. The predicted molar refractivity (Wildman–Crippen MR) is 122 cm³/mol. The molecule has 0 bridgehead atoms. The van der Waals surface area contributed by atoms with Crippen LogP contribution in [0.15, 0.2) is 42.7 Å². The van der Waals surface area contributed by atoms with Gasteiger partial charge in [0.05, 0.1) is 11.3 Å². The number of nitrogens with zero attached hydrogens (tertiary/aromatic N) is 5. The molecule has 11 heteroatoms. The summed E-state index contributed by atoms with van der Waals surface area (Å²) in [4.78, 5) is 33.3. The first-order valence-electron chi connectivity index (χ1n) is 10.9. The van der Waals surface area contributed by atoms with Gasteiger partial charge >= 0.3 is 11.8 Å². The number of imidazole rings is 1. The fourth-order valence-electron chi connectivity index (χ4n) is 3.68. The molecule has 1 N–H and O–H groups in total. The maximum Gasteiger partial charge on any atom is 0.414 e. The van der Waals surface area contributed by atoms with Crippen molar-refractivity contribution in [3.8, 4) is 17.3 Å². The van der Waals surface area contributed by atoms with Crippen LogP contribution in [0.25, 0.3) is 11.3 Å². The molecular formula is C23H25FN6O4. The zero-order valence-corrected chi connectivity index (χ0v) is 18.9. The van der Waals surface area contributed by atoms with Crippen LogP contribution in [0.5, 0.6) is 6.01 Å². The number of benzene rings is 1. The summed E-state index contributed by atoms with van der Waals surface area (Å²) in [5.74, 6) is -1.27. The first-order valence-corrected chi connectivity index (χ1v) is 10.9. The van der Waals surface area contributed by atoms with Crippen molar-refractivity contribution >= 4 is 11.7 Å². The maximum atomic E-state index is 14.2. The van der Waals surface area contributed by atoms with E-state index in [0.29, 0.717) is 44.0 Å². The molecule has 1 amide bonds. The third kappa shape index (κ3) is 5.37. The number of carbonyl (C=O) groups is 1. The van der Waals surface area contributed by atoms with Crippen LogP contribution in [-0.4, -0.2) is 56.0 Å². The van der Waals surface area contributed by atoms with Gasteiger partial charge in [0.1, 0.15) is 18.6 Å². The lowest BCUT2D eigenvalue weighted by Crippen LogP contribution is -2.33. The zero-order valence-electron chi connectivity index (χ0n) is 18.9. The van der Waals surface area contributed by atoms with Crippen molar-refractivity contribution in [2.24, 2.45) is 0 Å². The van der Waals surface area contributed by atoms with E-state index in [0.717, 1.165) is 5.56 Å². The summed E-state index contributed by atoms with van der Waals surface area (Å²) < 4.78 is 21.4. The lowest BCUT2D eigenvalue weighted by molar-refractivity contribution is -0.389. The van der Waals surface area contributed by atoms with Crippen LogP contribution < -0.4 is 10.1 Å². The summed E-state index contributed by atoms with van der Waals surface area (Å²) in [5, 5.41) is 13.7. The lowest BCUT2D eigenvalue weighted by Gasteiger charge is -2.24. The highest BCUT2D eigenvalue weighted by molar-refractivity contribution is 5.95. The number of carbonyl (C=O) groups excluding carboxylic acids is 1. The molecule has 0 aliphatic carbocycles. The Morgan fingerprint density at radius 1 is 1.26 bits per heavy atom. The molecule has 0 saturated carbocycles. The van der Waals surface area contributed by atoms with E-state index < -0.39 is 16.6 Å². The molecule has 3 heterocycles. The number of nitro groups is 1. The molecule has 3 aromatic rings. The average Bonchev–Trinajstić information content (AvgIpc) is 3.18. The molecule has 1 aromatic carbocycles. The number of halogens is 1. The molecule has 2 aromatic heterocycles. The second kappa shape index (κ2) is 9.96. The molecule has 0 spiro atoms. The highest BCUT2D eigenvalue weighted by Crippen LogP contribution is 2.22. The summed E-state index contributed by atoms with van der Waals surface area (Å²) in [6.45, 7) is 6.42. The first kappa shape index (κ1) is 23.3. The minimum atomic E-state index is -0.579. The monoisotopic (exact) mass is 468 g/mol. The number of hydrogen-bond acceptors (Lipinski definition) is 7. The molecule has 4 rings (SSSR count). The van der Waals surface area contributed by atoms with Gasteiger partial charge in [-0.3, -0.25) is 19.2 Å². The highest BCUT2D eigenvalue weighted by Gasteiger charge is 2.23. The molecule has 1 aliphatic heterocycles. The van der Waals surface area contributed by atoms with Gasteiger partial charge in [0.15, 0.2) is 0 Å².